The number of hydrogen-bond acceptors (Lipinski definition) is 6. The molecule has 1 fully saturated rings. The summed E-state index contributed by atoms with van der Waals surface area (Å²) in [4.78, 5) is 27.5. The number of aromatic nitrogens is 2. The van der Waals surface area contributed by atoms with Crippen molar-refractivity contribution in [2.24, 2.45) is 0 Å². The summed E-state index contributed by atoms with van der Waals surface area (Å²) in [6.07, 6.45) is 1.46. The van der Waals surface area contributed by atoms with Crippen molar-refractivity contribution in [3.8, 4) is 11.1 Å². The second-order valence-electron chi connectivity index (χ2n) is 7.53. The van der Waals surface area contributed by atoms with Gasteiger partial charge in [0.05, 0.1) is 18.8 Å². The molecule has 0 spiro atoms. The third kappa shape index (κ3) is 5.12. The molecule has 162 valence electrons. The summed E-state index contributed by atoms with van der Waals surface area (Å²) in [6, 6.07) is 6.29. The Kier molecular flexibility index (Phi) is 7.33. The average Bonchev–Trinajstić information content (AvgIpc) is 2.75. The van der Waals surface area contributed by atoms with Crippen molar-refractivity contribution in [3.63, 3.8) is 0 Å². The fourth-order valence-corrected chi connectivity index (χ4v) is 3.58. The predicted molar refractivity (Wildman–Crippen MR) is 115 cm³/mol. The van der Waals surface area contributed by atoms with Crippen LogP contribution in [0.2, 0.25) is 0 Å². The van der Waals surface area contributed by atoms with Crippen LogP contribution < -0.4 is 4.90 Å². The maximum atomic E-state index is 13.4. The van der Waals surface area contributed by atoms with E-state index < -0.39 is 0 Å². The number of rotatable bonds is 7. The van der Waals surface area contributed by atoms with Crippen LogP contribution in [0.25, 0.3) is 11.1 Å². The van der Waals surface area contributed by atoms with E-state index in [9.17, 15) is 9.18 Å². The first-order valence-electron chi connectivity index (χ1n) is 10.3. The Morgan fingerprint density at radius 1 is 1.23 bits per heavy atom. The van der Waals surface area contributed by atoms with Gasteiger partial charge in [0.1, 0.15) is 11.9 Å². The van der Waals surface area contributed by atoms with Crippen LogP contribution in [0, 0.1) is 5.82 Å². The van der Waals surface area contributed by atoms with Gasteiger partial charge < -0.3 is 14.5 Å². The molecule has 1 aromatic heterocycles. The number of hydrogen-bond donors (Lipinski definition) is 0. The Balaban J connectivity index is 1.88. The molecule has 0 radical (unpaired) electrons. The van der Waals surface area contributed by atoms with E-state index in [2.05, 4.69) is 9.88 Å². The second kappa shape index (κ2) is 9.95. The highest BCUT2D eigenvalue weighted by molar-refractivity contribution is 5.78. The Labute approximate surface area is 177 Å². The molecule has 30 heavy (non-hydrogen) atoms. The highest BCUT2D eigenvalue weighted by atomic mass is 19.1. The van der Waals surface area contributed by atoms with Crippen molar-refractivity contribution < 1.29 is 13.9 Å². The van der Waals surface area contributed by atoms with Crippen LogP contribution >= 0.6 is 0 Å². The molecule has 0 aliphatic carbocycles. The summed E-state index contributed by atoms with van der Waals surface area (Å²) in [5.74, 6) is 0.410. The van der Waals surface area contributed by atoms with Crippen molar-refractivity contribution in [1.29, 1.82) is 0 Å². The summed E-state index contributed by atoms with van der Waals surface area (Å²) in [5, 5.41) is 0. The third-order valence-corrected chi connectivity index (χ3v) is 5.29. The standard InChI is InChI=1S/C22H30FN5O2/c1-5-28(6-2)20(29)15-27-11-12-30-19(14-27)21-18(13-24-22(25-21)26(3)4)16-7-9-17(23)10-8-16/h7-10,13,19H,5-6,11-12,14-15H2,1-4H3. The monoisotopic (exact) mass is 415 g/mol. The van der Waals surface area contributed by atoms with E-state index in [4.69, 9.17) is 9.72 Å². The second-order valence-corrected chi connectivity index (χ2v) is 7.53. The molecule has 1 aromatic carbocycles. The van der Waals surface area contributed by atoms with Crippen LogP contribution in [-0.4, -0.2) is 79.1 Å². The largest absolute Gasteiger partial charge is 0.369 e. The van der Waals surface area contributed by atoms with Crippen LogP contribution in [0.5, 0.6) is 0 Å². The van der Waals surface area contributed by atoms with E-state index in [0.717, 1.165) is 16.8 Å². The van der Waals surface area contributed by atoms with Crippen molar-refractivity contribution in [2.45, 2.75) is 20.0 Å². The molecule has 8 heteroatoms. The van der Waals surface area contributed by atoms with Gasteiger partial charge in [0.15, 0.2) is 0 Å². The molecule has 3 rings (SSSR count). The molecule has 0 N–H and O–H groups in total. The van der Waals surface area contributed by atoms with Gasteiger partial charge in [-0.2, -0.15) is 0 Å². The van der Waals surface area contributed by atoms with Crippen molar-refractivity contribution in [1.82, 2.24) is 19.8 Å². The molecular formula is C22H30FN5O2. The Morgan fingerprint density at radius 2 is 1.93 bits per heavy atom. The summed E-state index contributed by atoms with van der Waals surface area (Å²) in [7, 11) is 3.76. The molecule has 1 amide bonds. The summed E-state index contributed by atoms with van der Waals surface area (Å²) in [6.45, 7) is 7.52. The number of halogens is 1. The minimum absolute atomic E-state index is 0.121. The molecule has 1 atom stereocenters. The van der Waals surface area contributed by atoms with Crippen molar-refractivity contribution in [3.05, 3.63) is 42.0 Å². The van der Waals surface area contributed by atoms with Crippen LogP contribution in [0.1, 0.15) is 25.6 Å². The molecule has 0 saturated carbocycles. The number of benzene rings is 1. The first-order valence-corrected chi connectivity index (χ1v) is 10.3. The van der Waals surface area contributed by atoms with E-state index in [0.29, 0.717) is 45.3 Å². The number of morpholine rings is 1. The fourth-order valence-electron chi connectivity index (χ4n) is 3.58. The molecule has 2 aromatic rings. The van der Waals surface area contributed by atoms with Crippen LogP contribution in [0.3, 0.4) is 0 Å². The van der Waals surface area contributed by atoms with Gasteiger partial charge in [0.25, 0.3) is 0 Å². The number of likely N-dealkylation sites (N-methyl/N-ethyl adjacent to an activating group) is 1. The summed E-state index contributed by atoms with van der Waals surface area (Å²) >= 11 is 0. The zero-order chi connectivity index (χ0) is 21.7. The SMILES string of the molecule is CCN(CC)C(=O)CN1CCOC(c2nc(N(C)C)ncc2-c2ccc(F)cc2)C1. The topological polar surface area (TPSA) is 61.8 Å². The molecular weight excluding hydrogens is 385 g/mol. The summed E-state index contributed by atoms with van der Waals surface area (Å²) in [5.41, 5.74) is 2.39. The fraction of sp³-hybridized carbons (Fsp3) is 0.500. The summed E-state index contributed by atoms with van der Waals surface area (Å²) < 4.78 is 19.5. The van der Waals surface area contributed by atoms with E-state index in [1.165, 1.54) is 12.1 Å². The first kappa shape index (κ1) is 22.1. The lowest BCUT2D eigenvalue weighted by molar-refractivity contribution is -0.134. The van der Waals surface area contributed by atoms with E-state index in [1.807, 2.05) is 37.7 Å². The highest BCUT2D eigenvalue weighted by Gasteiger charge is 2.28. The van der Waals surface area contributed by atoms with Gasteiger partial charge in [-0.1, -0.05) is 12.1 Å². The minimum atomic E-state index is -0.301. The number of nitrogens with zero attached hydrogens (tertiary/aromatic N) is 5. The van der Waals surface area contributed by atoms with Crippen molar-refractivity contribution in [2.75, 3.05) is 58.3 Å². The molecule has 2 heterocycles. The maximum absolute atomic E-state index is 13.4. The zero-order valence-electron chi connectivity index (χ0n) is 18.1. The van der Waals surface area contributed by atoms with E-state index >= 15 is 0 Å². The first-order chi connectivity index (χ1) is 14.4. The van der Waals surface area contributed by atoms with Gasteiger partial charge in [-0.15, -0.1) is 0 Å². The number of amides is 1. The Morgan fingerprint density at radius 3 is 2.57 bits per heavy atom. The predicted octanol–water partition coefficient (Wildman–Crippen LogP) is 2.59. The number of carbonyl (C=O) groups excluding carboxylic acids is 1. The lowest BCUT2D eigenvalue weighted by Gasteiger charge is -2.34. The third-order valence-electron chi connectivity index (χ3n) is 5.29. The van der Waals surface area contributed by atoms with Gasteiger partial charge >= 0.3 is 0 Å². The lowest BCUT2D eigenvalue weighted by atomic mass is 10.0. The van der Waals surface area contributed by atoms with Gasteiger partial charge in [0.2, 0.25) is 11.9 Å². The quantitative estimate of drug-likeness (QED) is 0.693. The normalized spacial score (nSPS) is 17.0. The average molecular weight is 416 g/mol. The van der Waals surface area contributed by atoms with Gasteiger partial charge in [-0.3, -0.25) is 9.69 Å². The van der Waals surface area contributed by atoms with E-state index in [1.54, 1.807) is 18.3 Å². The molecule has 7 nitrogen and oxygen atoms in total. The van der Waals surface area contributed by atoms with Gasteiger partial charge in [0, 0.05) is 52.0 Å². The molecule has 0 bridgehead atoms. The molecule has 1 unspecified atom stereocenters. The van der Waals surface area contributed by atoms with Gasteiger partial charge in [-0.05, 0) is 31.5 Å². The molecule has 1 saturated heterocycles. The minimum Gasteiger partial charge on any atom is -0.369 e. The molecule has 1 aliphatic rings. The number of carbonyl (C=O) groups is 1. The highest BCUT2D eigenvalue weighted by Crippen LogP contribution is 2.31. The smallest absolute Gasteiger partial charge is 0.236 e. The van der Waals surface area contributed by atoms with Gasteiger partial charge in [-0.25, -0.2) is 14.4 Å². The number of anilines is 1. The van der Waals surface area contributed by atoms with Crippen molar-refractivity contribution >= 4 is 11.9 Å². The molecule has 1 aliphatic heterocycles. The van der Waals surface area contributed by atoms with E-state index in [-0.39, 0.29) is 17.8 Å². The Hall–Kier alpha value is -2.58. The number of ether oxygens (including phenoxy) is 1. The maximum Gasteiger partial charge on any atom is 0.236 e. The zero-order valence-corrected chi connectivity index (χ0v) is 18.1. The van der Waals surface area contributed by atoms with Crippen LogP contribution in [0.4, 0.5) is 10.3 Å². The Bertz CT molecular complexity index is 855. The van der Waals surface area contributed by atoms with Crippen LogP contribution in [-0.2, 0) is 9.53 Å². The lowest BCUT2D eigenvalue weighted by Crippen LogP contribution is -2.45. The van der Waals surface area contributed by atoms with Crippen LogP contribution in [0.15, 0.2) is 30.5 Å².